The zero-order valence-corrected chi connectivity index (χ0v) is 16.2. The minimum Gasteiger partial charge on any atom is -0.482 e. The number of carbonyl (C=O) groups is 1. The molecule has 4 rings (SSSR count). The zero-order valence-electron chi connectivity index (χ0n) is 15.4. The Hall–Kier alpha value is -2.57. The van der Waals surface area contributed by atoms with Gasteiger partial charge in [-0.2, -0.15) is 0 Å². The highest BCUT2D eigenvalue weighted by Crippen LogP contribution is 2.30. The lowest BCUT2D eigenvalue weighted by Crippen LogP contribution is -2.26. The Morgan fingerprint density at radius 3 is 2.93 bits per heavy atom. The van der Waals surface area contributed by atoms with E-state index in [0.29, 0.717) is 12.3 Å². The molecule has 1 aliphatic heterocycles. The van der Waals surface area contributed by atoms with E-state index >= 15 is 0 Å². The fraction of sp³-hybridized carbons (Fsp3) is 0.300. The van der Waals surface area contributed by atoms with Crippen LogP contribution in [0.25, 0.3) is 11.0 Å². The molecule has 1 atom stereocenters. The molecule has 2 N–H and O–H groups in total. The van der Waals surface area contributed by atoms with Crippen LogP contribution in [0.4, 0.5) is 5.69 Å². The maximum Gasteiger partial charge on any atom is 0.262 e. The van der Waals surface area contributed by atoms with Crippen LogP contribution in [0.5, 0.6) is 5.75 Å². The van der Waals surface area contributed by atoms with Gasteiger partial charge in [0.05, 0.1) is 23.3 Å². The summed E-state index contributed by atoms with van der Waals surface area (Å²) in [6.07, 6.45) is 0. The number of imidazole rings is 1. The van der Waals surface area contributed by atoms with Crippen molar-refractivity contribution in [2.45, 2.75) is 33.0 Å². The molecule has 2 aromatic carbocycles. The van der Waals surface area contributed by atoms with Gasteiger partial charge in [0.2, 0.25) is 0 Å². The molecule has 0 bridgehead atoms. The van der Waals surface area contributed by atoms with Crippen molar-refractivity contribution in [3.63, 3.8) is 0 Å². The van der Waals surface area contributed by atoms with Crippen molar-refractivity contribution in [1.29, 1.82) is 0 Å². The van der Waals surface area contributed by atoms with Crippen LogP contribution >= 0.6 is 12.4 Å². The van der Waals surface area contributed by atoms with Crippen LogP contribution in [0.2, 0.25) is 0 Å². The Bertz CT molecular complexity index is 970. The van der Waals surface area contributed by atoms with Gasteiger partial charge in [0.25, 0.3) is 5.91 Å². The van der Waals surface area contributed by atoms with Gasteiger partial charge in [0.15, 0.2) is 6.61 Å². The molecule has 3 aromatic rings. The van der Waals surface area contributed by atoms with E-state index < -0.39 is 0 Å². The van der Waals surface area contributed by atoms with Gasteiger partial charge in [0, 0.05) is 12.6 Å². The third-order valence-corrected chi connectivity index (χ3v) is 4.75. The Balaban J connectivity index is 0.00000210. The number of nitrogens with one attached hydrogen (secondary N) is 2. The number of ether oxygens (including phenoxy) is 1. The van der Waals surface area contributed by atoms with Crippen molar-refractivity contribution in [3.8, 4) is 5.75 Å². The van der Waals surface area contributed by atoms with E-state index in [1.807, 2.05) is 36.4 Å². The van der Waals surface area contributed by atoms with Crippen LogP contribution in [-0.4, -0.2) is 22.1 Å². The molecule has 6 nitrogen and oxygen atoms in total. The lowest BCUT2D eigenvalue weighted by atomic mass is 10.1. The maximum atomic E-state index is 11.5. The molecular weight excluding hydrogens is 364 g/mol. The zero-order chi connectivity index (χ0) is 18.1. The van der Waals surface area contributed by atoms with Crippen LogP contribution in [0.15, 0.2) is 42.5 Å². The second kappa shape index (κ2) is 7.98. The minimum atomic E-state index is -0.119. The van der Waals surface area contributed by atoms with E-state index in [1.54, 1.807) is 0 Å². The number of hydrogen-bond acceptors (Lipinski definition) is 4. The van der Waals surface area contributed by atoms with Crippen LogP contribution in [0.1, 0.15) is 31.3 Å². The molecule has 1 aromatic heterocycles. The first-order chi connectivity index (χ1) is 12.7. The largest absolute Gasteiger partial charge is 0.482 e. The predicted molar refractivity (Wildman–Crippen MR) is 108 cm³/mol. The number of benzene rings is 2. The lowest BCUT2D eigenvalue weighted by molar-refractivity contribution is -0.118. The summed E-state index contributed by atoms with van der Waals surface area (Å²) in [6.45, 7) is 5.87. The Kier molecular flexibility index (Phi) is 5.68. The van der Waals surface area contributed by atoms with Crippen molar-refractivity contribution in [3.05, 3.63) is 53.9 Å². The second-order valence-corrected chi connectivity index (χ2v) is 6.46. The highest BCUT2D eigenvalue weighted by Gasteiger charge is 2.18. The number of anilines is 1. The minimum absolute atomic E-state index is 0. The standard InChI is InChI=1S/C20H22N4O2.ClH/c1-3-24-17-7-5-4-6-15(17)22-19(24)11-21-13(2)14-8-9-18-16(10-14)23-20(25)12-26-18;/h4-10,13,21H,3,11-12H2,1-2H3,(H,23,25);1H. The van der Waals surface area contributed by atoms with Crippen molar-refractivity contribution in [1.82, 2.24) is 14.9 Å². The number of aryl methyl sites for hydroxylation is 1. The first kappa shape index (κ1) is 19.2. The first-order valence-electron chi connectivity index (χ1n) is 8.90. The summed E-state index contributed by atoms with van der Waals surface area (Å²) in [6, 6.07) is 14.2. The van der Waals surface area contributed by atoms with Crippen molar-refractivity contribution < 1.29 is 9.53 Å². The van der Waals surface area contributed by atoms with Crippen LogP contribution in [-0.2, 0) is 17.9 Å². The summed E-state index contributed by atoms with van der Waals surface area (Å²) in [4.78, 5) is 16.3. The molecule has 0 fully saturated rings. The van der Waals surface area contributed by atoms with Gasteiger partial charge in [-0.3, -0.25) is 4.79 Å². The highest BCUT2D eigenvalue weighted by atomic mass is 35.5. The summed E-state index contributed by atoms with van der Waals surface area (Å²) in [5.74, 6) is 1.62. The molecule has 1 aliphatic rings. The van der Waals surface area contributed by atoms with Gasteiger partial charge in [-0.1, -0.05) is 18.2 Å². The Labute approximate surface area is 164 Å². The van der Waals surface area contributed by atoms with Gasteiger partial charge in [-0.15, -0.1) is 12.4 Å². The topological polar surface area (TPSA) is 68.2 Å². The van der Waals surface area contributed by atoms with Crippen LogP contribution < -0.4 is 15.4 Å². The number of rotatable bonds is 5. The molecule has 0 spiro atoms. The summed E-state index contributed by atoms with van der Waals surface area (Å²) in [5.41, 5.74) is 4.00. The van der Waals surface area contributed by atoms with Gasteiger partial charge in [0.1, 0.15) is 11.6 Å². The summed E-state index contributed by atoms with van der Waals surface area (Å²) >= 11 is 0. The average molecular weight is 387 g/mol. The molecule has 0 radical (unpaired) electrons. The normalized spacial score (nSPS) is 14.1. The number of fused-ring (bicyclic) bond motifs is 2. The molecule has 1 unspecified atom stereocenters. The summed E-state index contributed by atoms with van der Waals surface area (Å²) in [5, 5.41) is 6.39. The van der Waals surface area contributed by atoms with Crippen LogP contribution in [0, 0.1) is 0 Å². The van der Waals surface area contributed by atoms with E-state index in [4.69, 9.17) is 9.72 Å². The third-order valence-electron chi connectivity index (χ3n) is 4.75. The molecular formula is C20H23ClN4O2. The van der Waals surface area contributed by atoms with Gasteiger partial charge in [-0.25, -0.2) is 4.98 Å². The van der Waals surface area contributed by atoms with E-state index in [-0.39, 0.29) is 31.0 Å². The SMILES string of the molecule is CCn1c(CNC(C)c2ccc3c(c2)NC(=O)CO3)nc2ccccc21.Cl. The number of nitrogens with zero attached hydrogens (tertiary/aromatic N) is 2. The fourth-order valence-corrected chi connectivity index (χ4v) is 3.35. The van der Waals surface area contributed by atoms with Crippen molar-refractivity contribution in [2.75, 3.05) is 11.9 Å². The van der Waals surface area contributed by atoms with E-state index in [0.717, 1.165) is 34.7 Å². The van der Waals surface area contributed by atoms with Crippen molar-refractivity contribution >= 4 is 35.0 Å². The Morgan fingerprint density at radius 1 is 1.30 bits per heavy atom. The van der Waals surface area contributed by atoms with E-state index in [1.165, 1.54) is 0 Å². The first-order valence-corrected chi connectivity index (χ1v) is 8.90. The molecule has 1 amide bonds. The summed E-state index contributed by atoms with van der Waals surface area (Å²) in [7, 11) is 0. The second-order valence-electron chi connectivity index (χ2n) is 6.46. The third kappa shape index (κ3) is 3.77. The van der Waals surface area contributed by atoms with Gasteiger partial charge >= 0.3 is 0 Å². The molecule has 0 aliphatic carbocycles. The molecule has 27 heavy (non-hydrogen) atoms. The molecule has 7 heteroatoms. The number of amides is 1. The fourth-order valence-electron chi connectivity index (χ4n) is 3.35. The average Bonchev–Trinajstić information content (AvgIpc) is 3.02. The quantitative estimate of drug-likeness (QED) is 0.702. The monoisotopic (exact) mass is 386 g/mol. The number of halogens is 1. The molecule has 0 saturated heterocycles. The molecule has 0 saturated carbocycles. The smallest absolute Gasteiger partial charge is 0.262 e. The van der Waals surface area contributed by atoms with Gasteiger partial charge in [-0.05, 0) is 43.7 Å². The number of hydrogen-bond donors (Lipinski definition) is 2. The Morgan fingerprint density at radius 2 is 2.11 bits per heavy atom. The molecule has 142 valence electrons. The number of para-hydroxylation sites is 2. The van der Waals surface area contributed by atoms with Gasteiger partial charge < -0.3 is 19.9 Å². The maximum absolute atomic E-state index is 11.5. The summed E-state index contributed by atoms with van der Waals surface area (Å²) < 4.78 is 7.65. The number of carbonyl (C=O) groups excluding carboxylic acids is 1. The molecule has 2 heterocycles. The van der Waals surface area contributed by atoms with E-state index in [9.17, 15) is 4.79 Å². The van der Waals surface area contributed by atoms with Crippen molar-refractivity contribution in [2.24, 2.45) is 0 Å². The number of aromatic nitrogens is 2. The van der Waals surface area contributed by atoms with Crippen LogP contribution in [0.3, 0.4) is 0 Å². The van der Waals surface area contributed by atoms with E-state index in [2.05, 4.69) is 35.1 Å². The lowest BCUT2D eigenvalue weighted by Gasteiger charge is -2.21. The predicted octanol–water partition coefficient (Wildman–Crippen LogP) is 3.66. The highest BCUT2D eigenvalue weighted by molar-refractivity contribution is 5.95.